The quantitative estimate of drug-likeness (QED) is 0.669. The van der Waals surface area contributed by atoms with Gasteiger partial charge in [-0.2, -0.15) is 5.26 Å². The Bertz CT molecular complexity index is 814. The number of fused-ring (bicyclic) bond motifs is 1. The van der Waals surface area contributed by atoms with Crippen LogP contribution in [0.5, 0.6) is 0 Å². The van der Waals surface area contributed by atoms with Crippen molar-refractivity contribution in [1.82, 2.24) is 15.0 Å². The molecule has 1 heterocycles. The van der Waals surface area contributed by atoms with E-state index in [9.17, 15) is 4.39 Å². The molecule has 5 heteroatoms. The van der Waals surface area contributed by atoms with Crippen molar-refractivity contribution in [2.24, 2.45) is 7.05 Å². The van der Waals surface area contributed by atoms with Gasteiger partial charge in [0.15, 0.2) is 0 Å². The summed E-state index contributed by atoms with van der Waals surface area (Å²) in [5.74, 6) is -0.380. The molecule has 0 amide bonds. The minimum atomic E-state index is -0.380. The average molecular weight is 252 g/mol. The van der Waals surface area contributed by atoms with Crippen LogP contribution in [0.25, 0.3) is 22.2 Å². The molecular formula is C14H9FN4. The van der Waals surface area contributed by atoms with Crippen LogP contribution in [-0.4, -0.2) is 15.0 Å². The van der Waals surface area contributed by atoms with Gasteiger partial charge < -0.3 is 0 Å². The second-order valence-corrected chi connectivity index (χ2v) is 4.19. The van der Waals surface area contributed by atoms with Crippen LogP contribution in [0.15, 0.2) is 36.4 Å². The molecule has 0 saturated heterocycles. The molecule has 0 atom stereocenters. The minimum Gasteiger partial charge on any atom is -0.248 e. The van der Waals surface area contributed by atoms with Crippen molar-refractivity contribution in [2.45, 2.75) is 0 Å². The lowest BCUT2D eigenvalue weighted by Gasteiger charge is -2.05. The van der Waals surface area contributed by atoms with E-state index in [1.165, 1.54) is 18.2 Å². The first-order valence-electron chi connectivity index (χ1n) is 5.69. The molecule has 2 aromatic carbocycles. The summed E-state index contributed by atoms with van der Waals surface area (Å²) in [4.78, 5) is 0. The van der Waals surface area contributed by atoms with Crippen LogP contribution in [-0.2, 0) is 7.05 Å². The molecule has 92 valence electrons. The van der Waals surface area contributed by atoms with E-state index < -0.39 is 0 Å². The maximum atomic E-state index is 13.4. The molecule has 0 bridgehead atoms. The van der Waals surface area contributed by atoms with Gasteiger partial charge in [0.05, 0.1) is 17.1 Å². The highest BCUT2D eigenvalue weighted by Crippen LogP contribution is 2.29. The van der Waals surface area contributed by atoms with Gasteiger partial charge in [-0.15, -0.1) is 5.10 Å². The fraction of sp³-hybridized carbons (Fsp3) is 0.0714. The lowest BCUT2D eigenvalue weighted by atomic mass is 9.99. The largest absolute Gasteiger partial charge is 0.248 e. The first-order valence-corrected chi connectivity index (χ1v) is 5.69. The first-order chi connectivity index (χ1) is 9.20. The van der Waals surface area contributed by atoms with Crippen LogP contribution < -0.4 is 0 Å². The third kappa shape index (κ3) is 1.74. The van der Waals surface area contributed by atoms with Crippen molar-refractivity contribution in [2.75, 3.05) is 0 Å². The molecule has 19 heavy (non-hydrogen) atoms. The number of aryl methyl sites for hydroxylation is 1. The molecule has 0 unspecified atom stereocenters. The topological polar surface area (TPSA) is 54.5 Å². The number of aromatic nitrogens is 3. The number of hydrogen-bond donors (Lipinski definition) is 0. The molecular weight excluding hydrogens is 243 g/mol. The van der Waals surface area contributed by atoms with Gasteiger partial charge in [-0.05, 0) is 24.3 Å². The summed E-state index contributed by atoms with van der Waals surface area (Å²) >= 11 is 0. The highest BCUT2D eigenvalue weighted by Gasteiger charge is 2.12. The van der Waals surface area contributed by atoms with E-state index in [4.69, 9.17) is 5.26 Å². The maximum absolute atomic E-state index is 13.4. The summed E-state index contributed by atoms with van der Waals surface area (Å²) in [5, 5.41) is 17.2. The molecule has 0 spiro atoms. The van der Waals surface area contributed by atoms with Crippen LogP contribution >= 0.6 is 0 Å². The predicted molar refractivity (Wildman–Crippen MR) is 68.6 cm³/mol. The molecule has 3 aromatic rings. The van der Waals surface area contributed by atoms with Crippen molar-refractivity contribution in [3.8, 4) is 17.2 Å². The number of halogens is 1. The summed E-state index contributed by atoms with van der Waals surface area (Å²) in [6.07, 6.45) is 0. The normalized spacial score (nSPS) is 10.6. The van der Waals surface area contributed by atoms with Crippen molar-refractivity contribution >= 4 is 11.0 Å². The number of rotatable bonds is 1. The number of nitriles is 1. The highest BCUT2D eigenvalue weighted by molar-refractivity contribution is 5.93. The predicted octanol–water partition coefficient (Wildman–Crippen LogP) is 2.65. The van der Waals surface area contributed by atoms with Gasteiger partial charge in [-0.1, -0.05) is 17.3 Å². The van der Waals surface area contributed by atoms with Gasteiger partial charge in [-0.25, -0.2) is 9.07 Å². The van der Waals surface area contributed by atoms with E-state index in [1.807, 2.05) is 18.2 Å². The van der Waals surface area contributed by atoms with Gasteiger partial charge in [0.1, 0.15) is 11.3 Å². The van der Waals surface area contributed by atoms with Gasteiger partial charge >= 0.3 is 0 Å². The molecule has 4 nitrogen and oxygen atoms in total. The van der Waals surface area contributed by atoms with E-state index >= 15 is 0 Å². The molecule has 0 aliphatic heterocycles. The fourth-order valence-electron chi connectivity index (χ4n) is 2.11. The molecule has 0 fully saturated rings. The molecule has 3 rings (SSSR count). The Morgan fingerprint density at radius 1 is 1.21 bits per heavy atom. The molecule has 0 aliphatic carbocycles. The van der Waals surface area contributed by atoms with Gasteiger partial charge in [0.25, 0.3) is 0 Å². The van der Waals surface area contributed by atoms with Crippen molar-refractivity contribution in [3.63, 3.8) is 0 Å². The third-order valence-electron chi connectivity index (χ3n) is 3.03. The van der Waals surface area contributed by atoms with E-state index in [-0.39, 0.29) is 5.82 Å². The SMILES string of the molecule is Cn1nnc2c(-c3cc(F)ccc3C#N)cccc21. The number of hydrogen-bond acceptors (Lipinski definition) is 3. The Labute approximate surface area is 108 Å². The molecule has 0 radical (unpaired) electrons. The van der Waals surface area contributed by atoms with Crippen molar-refractivity contribution in [3.05, 3.63) is 47.8 Å². The highest BCUT2D eigenvalue weighted by atomic mass is 19.1. The summed E-state index contributed by atoms with van der Waals surface area (Å²) in [6, 6.07) is 11.7. The standard InChI is InChI=1S/C14H9FN4/c1-19-13-4-2-3-11(14(13)17-18-19)12-7-10(15)6-5-9(12)8-16/h2-7H,1H3. The number of benzene rings is 2. The summed E-state index contributed by atoms with van der Waals surface area (Å²) in [6.45, 7) is 0. The zero-order valence-corrected chi connectivity index (χ0v) is 10.1. The zero-order valence-electron chi connectivity index (χ0n) is 10.1. The van der Waals surface area contributed by atoms with E-state index in [2.05, 4.69) is 16.4 Å². The molecule has 0 aliphatic rings. The Balaban J connectivity index is 2.37. The van der Waals surface area contributed by atoms with Crippen molar-refractivity contribution in [1.29, 1.82) is 5.26 Å². The van der Waals surface area contributed by atoms with Gasteiger partial charge in [0, 0.05) is 18.2 Å². The van der Waals surface area contributed by atoms with Crippen LogP contribution in [0, 0.1) is 17.1 Å². The smallest absolute Gasteiger partial charge is 0.123 e. The van der Waals surface area contributed by atoms with Crippen LogP contribution in [0.2, 0.25) is 0 Å². The second-order valence-electron chi connectivity index (χ2n) is 4.19. The third-order valence-corrected chi connectivity index (χ3v) is 3.03. The molecule has 1 aromatic heterocycles. The number of nitrogens with zero attached hydrogens (tertiary/aromatic N) is 4. The maximum Gasteiger partial charge on any atom is 0.123 e. The van der Waals surface area contributed by atoms with E-state index in [1.54, 1.807) is 11.7 Å². The minimum absolute atomic E-state index is 0.380. The van der Waals surface area contributed by atoms with Crippen LogP contribution in [0.1, 0.15) is 5.56 Å². The second kappa shape index (κ2) is 4.18. The average Bonchev–Trinajstić information content (AvgIpc) is 2.81. The summed E-state index contributed by atoms with van der Waals surface area (Å²) in [7, 11) is 1.79. The Kier molecular flexibility index (Phi) is 2.50. The zero-order chi connectivity index (χ0) is 13.4. The first kappa shape index (κ1) is 11.4. The summed E-state index contributed by atoms with van der Waals surface area (Å²) in [5.41, 5.74) is 3.16. The lowest BCUT2D eigenvalue weighted by molar-refractivity contribution is 0.628. The van der Waals surface area contributed by atoms with Gasteiger partial charge in [-0.3, -0.25) is 0 Å². The molecule has 0 N–H and O–H groups in total. The van der Waals surface area contributed by atoms with E-state index in [0.717, 1.165) is 5.52 Å². The van der Waals surface area contributed by atoms with E-state index in [0.29, 0.717) is 22.2 Å². The Morgan fingerprint density at radius 3 is 2.84 bits per heavy atom. The van der Waals surface area contributed by atoms with Crippen LogP contribution in [0.3, 0.4) is 0 Å². The van der Waals surface area contributed by atoms with Gasteiger partial charge in [0.2, 0.25) is 0 Å². The monoisotopic (exact) mass is 252 g/mol. The lowest BCUT2D eigenvalue weighted by Crippen LogP contribution is -1.90. The summed E-state index contributed by atoms with van der Waals surface area (Å²) < 4.78 is 15.1. The van der Waals surface area contributed by atoms with Crippen molar-refractivity contribution < 1.29 is 4.39 Å². The Hall–Kier alpha value is -2.74. The Morgan fingerprint density at radius 2 is 2.05 bits per heavy atom. The van der Waals surface area contributed by atoms with Crippen LogP contribution in [0.4, 0.5) is 4.39 Å². The molecule has 0 saturated carbocycles. The fourth-order valence-corrected chi connectivity index (χ4v) is 2.11.